The van der Waals surface area contributed by atoms with Crippen LogP contribution in [0.15, 0.2) is 22.7 Å². The van der Waals surface area contributed by atoms with E-state index in [0.717, 1.165) is 23.1 Å². The van der Waals surface area contributed by atoms with Crippen LogP contribution in [0, 0.1) is 0 Å². The van der Waals surface area contributed by atoms with Gasteiger partial charge in [-0.1, -0.05) is 55.0 Å². The zero-order chi connectivity index (χ0) is 13.2. The van der Waals surface area contributed by atoms with Gasteiger partial charge in [0.2, 0.25) is 0 Å². The second-order valence-electron chi connectivity index (χ2n) is 4.72. The second kappa shape index (κ2) is 9.40. The molecule has 102 valence electrons. The topological polar surface area (TPSA) is 32.3 Å². The van der Waals surface area contributed by atoms with Crippen LogP contribution in [-0.2, 0) is 6.54 Å². The fourth-order valence-electron chi connectivity index (χ4n) is 1.95. The molecule has 0 saturated heterocycles. The molecule has 0 radical (unpaired) electrons. The number of phenolic OH excluding ortho intramolecular Hbond substituents is 1. The molecule has 2 N–H and O–H groups in total. The lowest BCUT2D eigenvalue weighted by Crippen LogP contribution is -2.14. The summed E-state index contributed by atoms with van der Waals surface area (Å²) in [6.07, 6.45) is 7.90. The van der Waals surface area contributed by atoms with Gasteiger partial charge in [-0.25, -0.2) is 0 Å². The molecule has 0 spiro atoms. The lowest BCUT2D eigenvalue weighted by molar-refractivity contribution is 0.463. The number of nitrogens with one attached hydrogen (secondary N) is 1. The van der Waals surface area contributed by atoms with E-state index >= 15 is 0 Å². The van der Waals surface area contributed by atoms with E-state index in [1.54, 1.807) is 6.07 Å². The molecule has 0 unspecified atom stereocenters. The van der Waals surface area contributed by atoms with Gasteiger partial charge in [0.15, 0.2) is 0 Å². The van der Waals surface area contributed by atoms with E-state index in [-0.39, 0.29) is 0 Å². The van der Waals surface area contributed by atoms with E-state index in [2.05, 4.69) is 28.2 Å². The van der Waals surface area contributed by atoms with Crippen LogP contribution in [0.3, 0.4) is 0 Å². The summed E-state index contributed by atoms with van der Waals surface area (Å²) < 4.78 is 1.01. The van der Waals surface area contributed by atoms with Crippen molar-refractivity contribution in [3.8, 4) is 5.75 Å². The molecule has 0 heterocycles. The van der Waals surface area contributed by atoms with Gasteiger partial charge in [0.25, 0.3) is 0 Å². The van der Waals surface area contributed by atoms with E-state index in [1.807, 2.05) is 12.1 Å². The standard InChI is InChI=1S/C15H24BrNO/c1-2-3-4-5-6-7-10-17-12-13-11-14(16)8-9-15(13)18/h8-9,11,17-18H,2-7,10,12H2,1H3. The normalized spacial score (nSPS) is 10.8. The van der Waals surface area contributed by atoms with Gasteiger partial charge in [0.1, 0.15) is 5.75 Å². The lowest BCUT2D eigenvalue weighted by Gasteiger charge is -2.07. The van der Waals surface area contributed by atoms with Crippen LogP contribution in [0.25, 0.3) is 0 Å². The summed E-state index contributed by atoms with van der Waals surface area (Å²) >= 11 is 3.42. The summed E-state index contributed by atoms with van der Waals surface area (Å²) in [7, 11) is 0. The zero-order valence-corrected chi connectivity index (χ0v) is 12.8. The molecule has 0 saturated carbocycles. The average Bonchev–Trinajstić information content (AvgIpc) is 2.36. The Bertz CT molecular complexity index is 341. The number of hydrogen-bond acceptors (Lipinski definition) is 2. The van der Waals surface area contributed by atoms with Crippen LogP contribution in [-0.4, -0.2) is 11.7 Å². The Morgan fingerprint density at radius 3 is 2.61 bits per heavy atom. The molecule has 1 rings (SSSR count). The summed E-state index contributed by atoms with van der Waals surface area (Å²) in [5.41, 5.74) is 0.954. The molecule has 0 bridgehead atoms. The fraction of sp³-hybridized carbons (Fsp3) is 0.600. The van der Waals surface area contributed by atoms with Gasteiger partial charge in [-0.15, -0.1) is 0 Å². The van der Waals surface area contributed by atoms with Crippen LogP contribution >= 0.6 is 15.9 Å². The highest BCUT2D eigenvalue weighted by molar-refractivity contribution is 9.10. The molecule has 0 aromatic heterocycles. The van der Waals surface area contributed by atoms with E-state index in [4.69, 9.17) is 0 Å². The maximum Gasteiger partial charge on any atom is 0.120 e. The summed E-state index contributed by atoms with van der Waals surface area (Å²) in [4.78, 5) is 0. The molecular weight excluding hydrogens is 290 g/mol. The second-order valence-corrected chi connectivity index (χ2v) is 5.63. The Kier molecular flexibility index (Phi) is 8.10. The summed E-state index contributed by atoms with van der Waals surface area (Å²) in [5.74, 6) is 0.369. The first-order valence-corrected chi connectivity index (χ1v) is 7.71. The van der Waals surface area contributed by atoms with Crippen molar-refractivity contribution in [2.75, 3.05) is 6.54 Å². The molecule has 18 heavy (non-hydrogen) atoms. The maximum absolute atomic E-state index is 9.67. The number of benzene rings is 1. The monoisotopic (exact) mass is 313 g/mol. The number of unbranched alkanes of at least 4 members (excludes halogenated alkanes) is 5. The van der Waals surface area contributed by atoms with Crippen molar-refractivity contribution in [1.82, 2.24) is 5.32 Å². The first-order valence-electron chi connectivity index (χ1n) is 6.92. The van der Waals surface area contributed by atoms with Gasteiger partial charge in [-0.2, -0.15) is 0 Å². The predicted molar refractivity (Wildman–Crippen MR) is 80.9 cm³/mol. The van der Waals surface area contributed by atoms with Crippen molar-refractivity contribution in [3.63, 3.8) is 0 Å². The van der Waals surface area contributed by atoms with Crippen LogP contribution in [0.5, 0.6) is 5.75 Å². The highest BCUT2D eigenvalue weighted by Crippen LogP contribution is 2.21. The molecule has 0 fully saturated rings. The van der Waals surface area contributed by atoms with Crippen molar-refractivity contribution in [2.24, 2.45) is 0 Å². The van der Waals surface area contributed by atoms with Crippen molar-refractivity contribution in [2.45, 2.75) is 52.0 Å². The molecule has 3 heteroatoms. The molecule has 0 aliphatic rings. The number of rotatable bonds is 9. The Labute approximate surface area is 119 Å². The first-order chi connectivity index (χ1) is 8.74. The van der Waals surface area contributed by atoms with Crippen LogP contribution in [0.2, 0.25) is 0 Å². The zero-order valence-electron chi connectivity index (χ0n) is 11.2. The Balaban J connectivity index is 2.09. The number of aromatic hydroxyl groups is 1. The fourth-order valence-corrected chi connectivity index (χ4v) is 2.36. The molecule has 0 amide bonds. The minimum absolute atomic E-state index is 0.369. The molecule has 0 aliphatic heterocycles. The molecule has 0 atom stereocenters. The summed E-state index contributed by atoms with van der Waals surface area (Å²) in [6.45, 7) is 4.00. The number of hydrogen-bond donors (Lipinski definition) is 2. The molecule has 0 aliphatic carbocycles. The van der Waals surface area contributed by atoms with Crippen molar-refractivity contribution < 1.29 is 5.11 Å². The van der Waals surface area contributed by atoms with E-state index < -0.39 is 0 Å². The molecule has 1 aromatic rings. The summed E-state index contributed by atoms with van der Waals surface area (Å²) in [5, 5.41) is 13.1. The van der Waals surface area contributed by atoms with E-state index in [1.165, 1.54) is 38.5 Å². The summed E-state index contributed by atoms with van der Waals surface area (Å²) in [6, 6.07) is 5.54. The van der Waals surface area contributed by atoms with Gasteiger partial charge >= 0.3 is 0 Å². The Morgan fingerprint density at radius 2 is 1.83 bits per heavy atom. The van der Waals surface area contributed by atoms with Gasteiger partial charge in [0, 0.05) is 16.6 Å². The van der Waals surface area contributed by atoms with Crippen molar-refractivity contribution >= 4 is 15.9 Å². The largest absolute Gasteiger partial charge is 0.508 e. The van der Waals surface area contributed by atoms with Gasteiger partial charge in [-0.3, -0.25) is 0 Å². The number of halogens is 1. The van der Waals surface area contributed by atoms with Crippen molar-refractivity contribution in [3.05, 3.63) is 28.2 Å². The van der Waals surface area contributed by atoms with Crippen LogP contribution in [0.1, 0.15) is 51.0 Å². The average molecular weight is 314 g/mol. The van der Waals surface area contributed by atoms with Gasteiger partial charge < -0.3 is 10.4 Å². The Morgan fingerprint density at radius 1 is 1.11 bits per heavy atom. The highest BCUT2D eigenvalue weighted by Gasteiger charge is 2.00. The third kappa shape index (κ3) is 6.41. The quantitative estimate of drug-likeness (QED) is 0.653. The smallest absolute Gasteiger partial charge is 0.120 e. The third-order valence-corrected chi connectivity index (χ3v) is 3.56. The SMILES string of the molecule is CCCCCCCCNCc1cc(Br)ccc1O. The third-order valence-electron chi connectivity index (χ3n) is 3.06. The van der Waals surface area contributed by atoms with Gasteiger partial charge in [-0.05, 0) is 31.2 Å². The molecule has 2 nitrogen and oxygen atoms in total. The van der Waals surface area contributed by atoms with Crippen LogP contribution in [0.4, 0.5) is 0 Å². The predicted octanol–water partition coefficient (Wildman–Crippen LogP) is 4.60. The first kappa shape index (κ1) is 15.5. The maximum atomic E-state index is 9.67. The van der Waals surface area contributed by atoms with E-state index in [9.17, 15) is 5.11 Å². The van der Waals surface area contributed by atoms with E-state index in [0.29, 0.717) is 5.75 Å². The Hall–Kier alpha value is -0.540. The lowest BCUT2D eigenvalue weighted by atomic mass is 10.1. The molecular formula is C15H24BrNO. The number of phenols is 1. The molecule has 1 aromatic carbocycles. The van der Waals surface area contributed by atoms with Crippen molar-refractivity contribution in [1.29, 1.82) is 0 Å². The highest BCUT2D eigenvalue weighted by atomic mass is 79.9. The van der Waals surface area contributed by atoms with Gasteiger partial charge in [0.05, 0.1) is 0 Å². The van der Waals surface area contributed by atoms with Crippen LogP contribution < -0.4 is 5.32 Å². The minimum Gasteiger partial charge on any atom is -0.508 e. The minimum atomic E-state index is 0.369.